The second-order valence-corrected chi connectivity index (χ2v) is 7.26. The molecule has 1 aromatic carbocycles. The van der Waals surface area contributed by atoms with Gasteiger partial charge in [0.15, 0.2) is 0 Å². The fourth-order valence-electron chi connectivity index (χ4n) is 3.07. The lowest BCUT2D eigenvalue weighted by Crippen LogP contribution is -2.46. The number of amides is 1. The standard InChI is InChI=1S/C19H29F3N4O/c1-4-13(2)17(23)18(27)24-12-14-11-15(19(20,21)22)5-6-16(14)26-9-7-25(3)8-10-26/h5-6,11,13,17H,4,7-10,12,23H2,1-3H3,(H,24,27). The Morgan fingerprint density at radius 1 is 1.26 bits per heavy atom. The fraction of sp³-hybridized carbons (Fsp3) is 0.632. The number of anilines is 1. The SMILES string of the molecule is CCC(C)C(N)C(=O)NCc1cc(C(F)(F)F)ccc1N1CCN(C)CC1. The predicted octanol–water partition coefficient (Wildman–Crippen LogP) is 2.45. The number of alkyl halides is 3. The van der Waals surface area contributed by atoms with Crippen LogP contribution < -0.4 is 16.0 Å². The van der Waals surface area contributed by atoms with Gasteiger partial charge >= 0.3 is 6.18 Å². The molecule has 0 radical (unpaired) electrons. The van der Waals surface area contributed by atoms with Crippen LogP contribution in [0.25, 0.3) is 0 Å². The van der Waals surface area contributed by atoms with Crippen LogP contribution in [0.2, 0.25) is 0 Å². The lowest BCUT2D eigenvalue weighted by Gasteiger charge is -2.35. The van der Waals surface area contributed by atoms with Crippen molar-refractivity contribution < 1.29 is 18.0 Å². The van der Waals surface area contributed by atoms with Gasteiger partial charge in [0.2, 0.25) is 5.91 Å². The van der Waals surface area contributed by atoms with Gasteiger partial charge in [0.1, 0.15) is 0 Å². The van der Waals surface area contributed by atoms with Crippen molar-refractivity contribution in [3.05, 3.63) is 29.3 Å². The highest BCUT2D eigenvalue weighted by molar-refractivity contribution is 5.82. The summed E-state index contributed by atoms with van der Waals surface area (Å²) in [6.45, 7) is 6.98. The molecule has 2 unspecified atom stereocenters. The summed E-state index contributed by atoms with van der Waals surface area (Å²) >= 11 is 0. The van der Waals surface area contributed by atoms with Gasteiger partial charge in [-0.05, 0) is 36.7 Å². The topological polar surface area (TPSA) is 61.6 Å². The van der Waals surface area contributed by atoms with Crippen molar-refractivity contribution >= 4 is 11.6 Å². The molecule has 0 spiro atoms. The number of hydrogen-bond donors (Lipinski definition) is 2. The van der Waals surface area contributed by atoms with Crippen LogP contribution in [0.5, 0.6) is 0 Å². The van der Waals surface area contributed by atoms with Gasteiger partial charge in [-0.3, -0.25) is 4.79 Å². The Bertz CT molecular complexity index is 642. The second kappa shape index (κ2) is 8.93. The molecule has 0 aliphatic carbocycles. The molecule has 1 aliphatic rings. The maximum Gasteiger partial charge on any atom is 0.416 e. The third-order valence-electron chi connectivity index (χ3n) is 5.26. The van der Waals surface area contributed by atoms with E-state index in [1.54, 1.807) is 0 Å². The number of halogens is 3. The Balaban J connectivity index is 2.21. The molecular weight excluding hydrogens is 357 g/mol. The number of benzene rings is 1. The minimum absolute atomic E-state index is 0.00334. The molecule has 1 aliphatic heterocycles. The zero-order valence-electron chi connectivity index (χ0n) is 16.1. The van der Waals surface area contributed by atoms with Crippen molar-refractivity contribution in [1.82, 2.24) is 10.2 Å². The molecule has 1 aromatic rings. The Hall–Kier alpha value is -1.80. The summed E-state index contributed by atoms with van der Waals surface area (Å²) in [5, 5.41) is 2.71. The Labute approximate surface area is 158 Å². The molecule has 152 valence electrons. The van der Waals surface area contributed by atoms with Crippen LogP contribution >= 0.6 is 0 Å². The summed E-state index contributed by atoms with van der Waals surface area (Å²) < 4.78 is 39.4. The maximum absolute atomic E-state index is 13.1. The molecule has 2 atom stereocenters. The van der Waals surface area contributed by atoms with E-state index in [4.69, 9.17) is 5.73 Å². The third-order valence-corrected chi connectivity index (χ3v) is 5.26. The number of carbonyl (C=O) groups is 1. The lowest BCUT2D eigenvalue weighted by atomic mass is 9.99. The molecule has 0 aromatic heterocycles. The highest BCUT2D eigenvalue weighted by Gasteiger charge is 2.32. The molecule has 2 rings (SSSR count). The van der Waals surface area contributed by atoms with Crippen molar-refractivity contribution in [3.8, 4) is 0 Å². The minimum atomic E-state index is -4.42. The van der Waals surface area contributed by atoms with Crippen molar-refractivity contribution in [2.75, 3.05) is 38.1 Å². The summed E-state index contributed by atoms with van der Waals surface area (Å²) in [4.78, 5) is 16.5. The lowest BCUT2D eigenvalue weighted by molar-refractivity contribution is -0.137. The van der Waals surface area contributed by atoms with Gasteiger partial charge in [0, 0.05) is 38.4 Å². The van der Waals surface area contributed by atoms with E-state index in [0.29, 0.717) is 5.56 Å². The molecule has 3 N–H and O–H groups in total. The van der Waals surface area contributed by atoms with Crippen molar-refractivity contribution in [3.63, 3.8) is 0 Å². The Morgan fingerprint density at radius 2 is 1.89 bits per heavy atom. The number of nitrogens with one attached hydrogen (secondary N) is 1. The molecule has 8 heteroatoms. The van der Waals surface area contributed by atoms with Gasteiger partial charge in [-0.2, -0.15) is 13.2 Å². The van der Waals surface area contributed by atoms with Gasteiger partial charge in [-0.25, -0.2) is 0 Å². The average Bonchev–Trinajstić information content (AvgIpc) is 2.64. The first kappa shape index (κ1) is 21.5. The Kier molecular flexibility index (Phi) is 7.11. The summed E-state index contributed by atoms with van der Waals surface area (Å²) in [5.41, 5.74) is 6.40. The van der Waals surface area contributed by atoms with Crippen LogP contribution in [-0.4, -0.2) is 50.1 Å². The van der Waals surface area contributed by atoms with E-state index in [1.807, 2.05) is 20.9 Å². The molecule has 0 bridgehead atoms. The van der Waals surface area contributed by atoms with E-state index in [1.165, 1.54) is 6.07 Å². The molecule has 5 nitrogen and oxygen atoms in total. The fourth-order valence-corrected chi connectivity index (χ4v) is 3.07. The van der Waals surface area contributed by atoms with Crippen molar-refractivity contribution in [1.29, 1.82) is 0 Å². The monoisotopic (exact) mass is 386 g/mol. The third kappa shape index (κ3) is 5.59. The summed E-state index contributed by atoms with van der Waals surface area (Å²) in [5.74, 6) is -0.338. The maximum atomic E-state index is 13.1. The van der Waals surface area contributed by atoms with Crippen LogP contribution in [0, 0.1) is 5.92 Å². The summed E-state index contributed by atoms with van der Waals surface area (Å²) in [6.07, 6.45) is -3.67. The second-order valence-electron chi connectivity index (χ2n) is 7.26. The number of likely N-dealkylation sites (N-methyl/N-ethyl adjacent to an activating group) is 1. The predicted molar refractivity (Wildman–Crippen MR) is 100 cm³/mol. The van der Waals surface area contributed by atoms with Crippen LogP contribution in [0.3, 0.4) is 0 Å². The average molecular weight is 386 g/mol. The molecular formula is C19H29F3N4O. The number of nitrogens with two attached hydrogens (primary N) is 1. The van der Waals surface area contributed by atoms with E-state index in [2.05, 4.69) is 15.1 Å². The van der Waals surface area contributed by atoms with Crippen LogP contribution in [0.4, 0.5) is 18.9 Å². The van der Waals surface area contributed by atoms with Crippen molar-refractivity contribution in [2.45, 2.75) is 39.0 Å². The van der Waals surface area contributed by atoms with Gasteiger partial charge in [-0.15, -0.1) is 0 Å². The number of nitrogens with zero attached hydrogens (tertiary/aromatic N) is 2. The van der Waals surface area contributed by atoms with Crippen LogP contribution in [0.15, 0.2) is 18.2 Å². The zero-order valence-corrected chi connectivity index (χ0v) is 16.1. The summed E-state index contributed by atoms with van der Waals surface area (Å²) in [7, 11) is 2.02. The first-order valence-corrected chi connectivity index (χ1v) is 9.30. The molecule has 1 fully saturated rings. The van der Waals surface area contributed by atoms with Crippen LogP contribution in [-0.2, 0) is 17.5 Å². The van der Waals surface area contributed by atoms with E-state index >= 15 is 0 Å². The molecule has 1 heterocycles. The highest BCUT2D eigenvalue weighted by Crippen LogP contribution is 2.33. The van der Waals surface area contributed by atoms with Gasteiger partial charge in [0.05, 0.1) is 11.6 Å². The normalized spacial score (nSPS) is 18.3. The zero-order chi connectivity index (χ0) is 20.2. The van der Waals surface area contributed by atoms with E-state index in [0.717, 1.165) is 50.4 Å². The molecule has 0 saturated carbocycles. The Morgan fingerprint density at radius 3 is 2.44 bits per heavy atom. The number of hydrogen-bond acceptors (Lipinski definition) is 4. The first-order chi connectivity index (χ1) is 12.6. The summed E-state index contributed by atoms with van der Waals surface area (Å²) in [6, 6.07) is 3.06. The largest absolute Gasteiger partial charge is 0.416 e. The van der Waals surface area contributed by atoms with E-state index < -0.39 is 17.8 Å². The number of rotatable bonds is 6. The van der Waals surface area contributed by atoms with Gasteiger partial charge in [-0.1, -0.05) is 20.3 Å². The first-order valence-electron chi connectivity index (χ1n) is 9.30. The van der Waals surface area contributed by atoms with E-state index in [-0.39, 0.29) is 18.4 Å². The highest BCUT2D eigenvalue weighted by atomic mass is 19.4. The molecule has 1 amide bonds. The molecule has 27 heavy (non-hydrogen) atoms. The van der Waals surface area contributed by atoms with Crippen LogP contribution in [0.1, 0.15) is 31.4 Å². The van der Waals surface area contributed by atoms with E-state index in [9.17, 15) is 18.0 Å². The number of piperazine rings is 1. The van der Waals surface area contributed by atoms with Gasteiger partial charge in [0.25, 0.3) is 0 Å². The number of carbonyl (C=O) groups excluding carboxylic acids is 1. The van der Waals surface area contributed by atoms with Gasteiger partial charge < -0.3 is 20.9 Å². The molecule has 1 saturated heterocycles. The quantitative estimate of drug-likeness (QED) is 0.788. The smallest absolute Gasteiger partial charge is 0.369 e. The van der Waals surface area contributed by atoms with Crippen molar-refractivity contribution in [2.24, 2.45) is 11.7 Å². The minimum Gasteiger partial charge on any atom is -0.369 e.